The van der Waals surface area contributed by atoms with Crippen LogP contribution in [0.15, 0.2) is 53.6 Å². The van der Waals surface area contributed by atoms with Gasteiger partial charge in [-0.15, -0.1) is 0 Å². The highest BCUT2D eigenvalue weighted by atomic mass is 16.5. The van der Waals surface area contributed by atoms with Crippen LogP contribution >= 0.6 is 0 Å². The Bertz CT molecular complexity index is 776. The molecule has 0 aliphatic rings. The maximum Gasteiger partial charge on any atom is 0.259 e. The van der Waals surface area contributed by atoms with E-state index in [2.05, 4.69) is 15.8 Å². The van der Waals surface area contributed by atoms with Crippen molar-refractivity contribution in [3.8, 4) is 11.5 Å². The molecular weight excluding hydrogens is 334 g/mol. The van der Waals surface area contributed by atoms with Gasteiger partial charge in [-0.3, -0.25) is 9.59 Å². The zero-order chi connectivity index (χ0) is 18.8. The fourth-order valence-electron chi connectivity index (χ4n) is 2.11. The summed E-state index contributed by atoms with van der Waals surface area (Å²) in [6.07, 6.45) is 1.48. The number of amides is 2. The van der Waals surface area contributed by atoms with E-state index in [4.69, 9.17) is 9.47 Å². The smallest absolute Gasteiger partial charge is 0.259 e. The lowest BCUT2D eigenvalue weighted by Gasteiger charge is -2.09. The number of hydrogen-bond donors (Lipinski definition) is 2. The quantitative estimate of drug-likeness (QED) is 0.560. The molecule has 2 rings (SSSR count). The fourth-order valence-corrected chi connectivity index (χ4v) is 2.11. The summed E-state index contributed by atoms with van der Waals surface area (Å²) in [5.74, 6) is 0.474. The highest BCUT2D eigenvalue weighted by molar-refractivity contribution is 5.96. The highest BCUT2D eigenvalue weighted by Gasteiger charge is 2.07. The summed E-state index contributed by atoms with van der Waals surface area (Å²) in [6.45, 7) is 2.26. The van der Waals surface area contributed by atoms with Crippen molar-refractivity contribution in [3.63, 3.8) is 0 Å². The third-order valence-corrected chi connectivity index (χ3v) is 3.34. The molecule has 0 saturated heterocycles. The van der Waals surface area contributed by atoms with Crippen LogP contribution in [0, 0.1) is 0 Å². The second kappa shape index (κ2) is 9.83. The first-order chi connectivity index (χ1) is 12.6. The summed E-state index contributed by atoms with van der Waals surface area (Å²) in [7, 11) is 1.55. The fraction of sp³-hybridized carbons (Fsp3) is 0.211. The van der Waals surface area contributed by atoms with Crippen molar-refractivity contribution in [2.24, 2.45) is 5.10 Å². The number of carbonyl (C=O) groups excluding carboxylic acids is 2. The first kappa shape index (κ1) is 19.0. The summed E-state index contributed by atoms with van der Waals surface area (Å²) in [5.41, 5.74) is 3.59. The minimum atomic E-state index is -0.427. The summed E-state index contributed by atoms with van der Waals surface area (Å²) in [5, 5.41) is 6.40. The molecule has 7 nitrogen and oxygen atoms in total. The van der Waals surface area contributed by atoms with Gasteiger partial charge in [-0.25, -0.2) is 5.43 Å². The Labute approximate surface area is 152 Å². The van der Waals surface area contributed by atoms with E-state index in [9.17, 15) is 9.59 Å². The normalized spacial score (nSPS) is 10.4. The molecule has 2 amide bonds. The van der Waals surface area contributed by atoms with E-state index in [1.165, 1.54) is 6.21 Å². The van der Waals surface area contributed by atoms with Crippen molar-refractivity contribution in [1.82, 2.24) is 10.7 Å². The average Bonchev–Trinajstić information content (AvgIpc) is 2.68. The maximum absolute atomic E-state index is 11.8. The van der Waals surface area contributed by atoms with Gasteiger partial charge < -0.3 is 14.8 Å². The Morgan fingerprint density at radius 3 is 2.58 bits per heavy atom. The van der Waals surface area contributed by atoms with E-state index < -0.39 is 5.91 Å². The minimum absolute atomic E-state index is 0.169. The zero-order valence-electron chi connectivity index (χ0n) is 14.7. The molecule has 0 saturated carbocycles. The molecule has 2 aromatic rings. The van der Waals surface area contributed by atoms with Gasteiger partial charge in [0.05, 0.1) is 26.5 Å². The number of nitrogens with zero attached hydrogens (tertiary/aromatic N) is 1. The Hall–Kier alpha value is -3.35. The number of carbonyl (C=O) groups is 2. The van der Waals surface area contributed by atoms with Crippen LogP contribution in [0.1, 0.15) is 22.8 Å². The number of benzene rings is 2. The molecule has 0 aliphatic heterocycles. The number of methoxy groups -OCH3 is 1. The summed E-state index contributed by atoms with van der Waals surface area (Å²) in [4.78, 5) is 23.6. The molecule has 136 valence electrons. The predicted octanol–water partition coefficient (Wildman–Crippen LogP) is 1.97. The second-order valence-corrected chi connectivity index (χ2v) is 5.19. The Morgan fingerprint density at radius 2 is 1.88 bits per heavy atom. The lowest BCUT2D eigenvalue weighted by Crippen LogP contribution is -2.34. The monoisotopic (exact) mass is 355 g/mol. The van der Waals surface area contributed by atoms with E-state index >= 15 is 0 Å². The van der Waals surface area contributed by atoms with Crippen LogP contribution in [0.25, 0.3) is 0 Å². The Morgan fingerprint density at radius 1 is 1.12 bits per heavy atom. The third kappa shape index (κ3) is 5.62. The van der Waals surface area contributed by atoms with Crippen molar-refractivity contribution >= 4 is 18.0 Å². The topological polar surface area (TPSA) is 89.0 Å². The Kier molecular flexibility index (Phi) is 7.17. The standard InChI is InChI=1S/C19H21N3O4/c1-3-26-16-10-9-14(11-17(16)25-2)12-21-22-18(23)13-20-19(24)15-7-5-4-6-8-15/h4-12H,3,13H2,1-2H3,(H,20,24)(H,22,23)/b21-12-. The Balaban J connectivity index is 1.84. The molecule has 0 unspecified atom stereocenters. The largest absolute Gasteiger partial charge is 0.493 e. The van der Waals surface area contributed by atoms with Crippen LogP contribution in [0.4, 0.5) is 0 Å². The lowest BCUT2D eigenvalue weighted by molar-refractivity contribution is -0.120. The molecule has 2 N–H and O–H groups in total. The predicted molar refractivity (Wildman–Crippen MR) is 98.7 cm³/mol. The van der Waals surface area contributed by atoms with Gasteiger partial charge in [0.25, 0.3) is 11.8 Å². The molecule has 7 heteroatoms. The highest BCUT2D eigenvalue weighted by Crippen LogP contribution is 2.27. The van der Waals surface area contributed by atoms with E-state index in [1.54, 1.807) is 49.6 Å². The molecule has 0 spiro atoms. The SMILES string of the molecule is CCOc1ccc(/C=N\NC(=O)CNC(=O)c2ccccc2)cc1OC. The van der Waals surface area contributed by atoms with Gasteiger partial charge in [-0.1, -0.05) is 18.2 Å². The minimum Gasteiger partial charge on any atom is -0.493 e. The number of nitrogens with one attached hydrogen (secondary N) is 2. The van der Waals surface area contributed by atoms with Crippen LogP contribution in [-0.2, 0) is 4.79 Å². The van der Waals surface area contributed by atoms with Crippen molar-refractivity contribution < 1.29 is 19.1 Å². The van der Waals surface area contributed by atoms with Gasteiger partial charge in [-0.05, 0) is 42.8 Å². The van der Waals surface area contributed by atoms with Gasteiger partial charge in [0.2, 0.25) is 0 Å². The van der Waals surface area contributed by atoms with E-state index in [0.717, 1.165) is 5.56 Å². The second-order valence-electron chi connectivity index (χ2n) is 5.19. The van der Waals surface area contributed by atoms with Gasteiger partial charge in [0.15, 0.2) is 11.5 Å². The number of hydrazone groups is 1. The van der Waals surface area contributed by atoms with Crippen LogP contribution < -0.4 is 20.2 Å². The first-order valence-corrected chi connectivity index (χ1v) is 8.10. The third-order valence-electron chi connectivity index (χ3n) is 3.34. The van der Waals surface area contributed by atoms with Crippen LogP contribution in [-0.4, -0.2) is 38.3 Å². The van der Waals surface area contributed by atoms with Crippen LogP contribution in [0.2, 0.25) is 0 Å². The van der Waals surface area contributed by atoms with E-state index in [1.807, 2.05) is 13.0 Å². The summed E-state index contributed by atoms with van der Waals surface area (Å²) in [6, 6.07) is 14.0. The van der Waals surface area contributed by atoms with Gasteiger partial charge in [0.1, 0.15) is 0 Å². The summed E-state index contributed by atoms with van der Waals surface area (Å²) < 4.78 is 10.7. The molecule has 0 heterocycles. The average molecular weight is 355 g/mol. The zero-order valence-corrected chi connectivity index (χ0v) is 14.7. The van der Waals surface area contributed by atoms with Crippen molar-refractivity contribution in [2.75, 3.05) is 20.3 Å². The lowest BCUT2D eigenvalue weighted by atomic mass is 10.2. The number of rotatable bonds is 8. The molecule has 0 bridgehead atoms. The molecule has 26 heavy (non-hydrogen) atoms. The molecule has 0 aliphatic carbocycles. The van der Waals surface area contributed by atoms with E-state index in [0.29, 0.717) is 23.7 Å². The summed E-state index contributed by atoms with van der Waals surface area (Å²) >= 11 is 0. The molecule has 0 radical (unpaired) electrons. The molecule has 0 atom stereocenters. The van der Waals surface area contributed by atoms with Gasteiger partial charge >= 0.3 is 0 Å². The van der Waals surface area contributed by atoms with Gasteiger partial charge in [0, 0.05) is 5.56 Å². The van der Waals surface area contributed by atoms with Crippen molar-refractivity contribution in [1.29, 1.82) is 0 Å². The molecule has 2 aromatic carbocycles. The van der Waals surface area contributed by atoms with Crippen LogP contribution in [0.5, 0.6) is 11.5 Å². The number of hydrogen-bond acceptors (Lipinski definition) is 5. The maximum atomic E-state index is 11.8. The van der Waals surface area contributed by atoms with Crippen molar-refractivity contribution in [3.05, 3.63) is 59.7 Å². The van der Waals surface area contributed by atoms with Crippen LogP contribution in [0.3, 0.4) is 0 Å². The van der Waals surface area contributed by atoms with E-state index in [-0.39, 0.29) is 12.5 Å². The van der Waals surface area contributed by atoms with Gasteiger partial charge in [-0.2, -0.15) is 5.10 Å². The molecule has 0 fully saturated rings. The van der Waals surface area contributed by atoms with Crippen molar-refractivity contribution in [2.45, 2.75) is 6.92 Å². The molecular formula is C19H21N3O4. The number of ether oxygens (including phenoxy) is 2. The first-order valence-electron chi connectivity index (χ1n) is 8.10. The molecule has 0 aromatic heterocycles.